The lowest BCUT2D eigenvalue weighted by Crippen LogP contribution is -2.43. The molecule has 1 N–H and O–H groups in total. The molecule has 8 nitrogen and oxygen atoms in total. The highest BCUT2D eigenvalue weighted by molar-refractivity contribution is 6.05. The van der Waals surface area contributed by atoms with Gasteiger partial charge in [-0.3, -0.25) is 24.6 Å². The molecule has 0 atom stereocenters. The Balaban J connectivity index is 1.73. The van der Waals surface area contributed by atoms with Crippen molar-refractivity contribution in [2.75, 3.05) is 23.4 Å². The number of anilines is 2. The minimum absolute atomic E-state index is 0.0641. The van der Waals surface area contributed by atoms with Gasteiger partial charge in [-0.25, -0.2) is 0 Å². The number of hydrogen-bond acceptors (Lipinski definition) is 5. The predicted octanol–water partition coefficient (Wildman–Crippen LogP) is 2.27. The summed E-state index contributed by atoms with van der Waals surface area (Å²) >= 11 is 0. The summed E-state index contributed by atoms with van der Waals surface area (Å²) in [6.07, 6.45) is 0. The number of nitrogens with one attached hydrogen (secondary N) is 1. The molecule has 128 valence electrons. The van der Waals surface area contributed by atoms with E-state index in [-0.39, 0.29) is 24.7 Å². The molecule has 0 fully saturated rings. The molecular weight excluding hydrogens is 326 g/mol. The average Bonchev–Trinajstić information content (AvgIpc) is 2.58. The van der Waals surface area contributed by atoms with Gasteiger partial charge in [-0.15, -0.1) is 0 Å². The number of aryl methyl sites for hydroxylation is 1. The average molecular weight is 341 g/mol. The number of rotatable bonds is 4. The molecule has 2 aromatic carbocycles. The summed E-state index contributed by atoms with van der Waals surface area (Å²) in [6.45, 7) is 1.59. The molecule has 0 aromatic heterocycles. The molecule has 0 spiro atoms. The van der Waals surface area contributed by atoms with Crippen molar-refractivity contribution >= 4 is 28.9 Å². The Morgan fingerprint density at radius 2 is 2.00 bits per heavy atom. The lowest BCUT2D eigenvalue weighted by molar-refractivity contribution is -0.384. The fraction of sp³-hybridized carbons (Fsp3) is 0.176. The smallest absolute Gasteiger partial charge is 0.269 e. The first-order valence-electron chi connectivity index (χ1n) is 7.52. The van der Waals surface area contributed by atoms with Gasteiger partial charge in [0, 0.05) is 17.8 Å². The summed E-state index contributed by atoms with van der Waals surface area (Å²) in [5, 5.41) is 13.3. The fourth-order valence-electron chi connectivity index (χ4n) is 2.50. The van der Waals surface area contributed by atoms with Crippen molar-refractivity contribution in [3.8, 4) is 5.75 Å². The molecule has 3 rings (SSSR count). The second-order valence-electron chi connectivity index (χ2n) is 5.59. The molecule has 0 aliphatic carbocycles. The van der Waals surface area contributed by atoms with Gasteiger partial charge in [0.15, 0.2) is 6.61 Å². The summed E-state index contributed by atoms with van der Waals surface area (Å²) < 4.78 is 5.37. The minimum atomic E-state index is -0.517. The SMILES string of the molecule is Cc1ccc2c(c1)N(CC(=O)Nc1ccc([N+](=O)[O-])cc1)C(=O)CO2. The van der Waals surface area contributed by atoms with E-state index in [0.29, 0.717) is 17.1 Å². The van der Waals surface area contributed by atoms with Gasteiger partial charge in [-0.05, 0) is 36.8 Å². The van der Waals surface area contributed by atoms with Crippen LogP contribution in [0.4, 0.5) is 17.1 Å². The highest BCUT2D eigenvalue weighted by Crippen LogP contribution is 2.32. The Morgan fingerprint density at radius 3 is 2.68 bits per heavy atom. The molecule has 8 heteroatoms. The van der Waals surface area contributed by atoms with Crippen LogP contribution < -0.4 is 15.0 Å². The first-order chi connectivity index (χ1) is 11.9. The highest BCUT2D eigenvalue weighted by Gasteiger charge is 2.27. The van der Waals surface area contributed by atoms with E-state index in [1.807, 2.05) is 13.0 Å². The van der Waals surface area contributed by atoms with Crippen LogP contribution in [-0.2, 0) is 9.59 Å². The van der Waals surface area contributed by atoms with E-state index < -0.39 is 10.8 Å². The van der Waals surface area contributed by atoms with E-state index in [0.717, 1.165) is 5.56 Å². The third-order valence-electron chi connectivity index (χ3n) is 3.72. The van der Waals surface area contributed by atoms with Crippen molar-refractivity contribution in [2.24, 2.45) is 0 Å². The van der Waals surface area contributed by atoms with E-state index in [1.54, 1.807) is 12.1 Å². The molecule has 0 saturated carbocycles. The Morgan fingerprint density at radius 1 is 1.28 bits per heavy atom. The van der Waals surface area contributed by atoms with Crippen LogP contribution in [0.2, 0.25) is 0 Å². The lowest BCUT2D eigenvalue weighted by atomic mass is 10.1. The summed E-state index contributed by atoms with van der Waals surface area (Å²) in [7, 11) is 0. The maximum absolute atomic E-state index is 12.3. The number of ether oxygens (including phenoxy) is 1. The number of nitro groups is 1. The number of carbonyl (C=O) groups excluding carboxylic acids is 2. The van der Waals surface area contributed by atoms with Crippen LogP contribution in [0.3, 0.4) is 0 Å². The highest BCUT2D eigenvalue weighted by atomic mass is 16.6. The second kappa shape index (κ2) is 6.60. The zero-order chi connectivity index (χ0) is 18.0. The molecule has 2 aromatic rings. The quantitative estimate of drug-likeness (QED) is 0.679. The van der Waals surface area contributed by atoms with Crippen LogP contribution in [0.25, 0.3) is 0 Å². The Bertz CT molecular complexity index is 848. The number of benzene rings is 2. The van der Waals surface area contributed by atoms with Crippen molar-refractivity contribution in [2.45, 2.75) is 6.92 Å². The fourth-order valence-corrected chi connectivity index (χ4v) is 2.50. The van der Waals surface area contributed by atoms with Crippen molar-refractivity contribution in [3.05, 3.63) is 58.1 Å². The first kappa shape index (κ1) is 16.4. The number of non-ortho nitro benzene ring substituents is 1. The Labute approximate surface area is 143 Å². The molecule has 0 saturated heterocycles. The third kappa shape index (κ3) is 3.57. The molecular formula is C17H15N3O5. The summed E-state index contributed by atoms with van der Waals surface area (Å²) in [5.74, 6) is -0.165. The summed E-state index contributed by atoms with van der Waals surface area (Å²) in [4.78, 5) is 35.9. The summed E-state index contributed by atoms with van der Waals surface area (Å²) in [6, 6.07) is 10.9. The lowest BCUT2D eigenvalue weighted by Gasteiger charge is -2.29. The molecule has 1 aliphatic heterocycles. The minimum Gasteiger partial charge on any atom is -0.482 e. The standard InChI is InChI=1S/C17H15N3O5/c1-11-2-7-15-14(8-11)19(17(22)10-25-15)9-16(21)18-12-3-5-13(6-4-12)20(23)24/h2-8H,9-10H2,1H3,(H,18,21). The number of nitro benzene ring substituents is 1. The number of fused-ring (bicyclic) bond motifs is 1. The van der Waals surface area contributed by atoms with Crippen LogP contribution in [0.5, 0.6) is 5.75 Å². The summed E-state index contributed by atoms with van der Waals surface area (Å²) in [5.41, 5.74) is 1.85. The van der Waals surface area contributed by atoms with E-state index in [2.05, 4.69) is 5.32 Å². The Kier molecular flexibility index (Phi) is 4.34. The van der Waals surface area contributed by atoms with Crippen molar-refractivity contribution < 1.29 is 19.2 Å². The predicted molar refractivity (Wildman–Crippen MR) is 90.8 cm³/mol. The zero-order valence-corrected chi connectivity index (χ0v) is 13.4. The van der Waals surface area contributed by atoms with Crippen LogP contribution >= 0.6 is 0 Å². The van der Waals surface area contributed by atoms with Gasteiger partial charge in [0.25, 0.3) is 11.6 Å². The van der Waals surface area contributed by atoms with Crippen LogP contribution in [0.15, 0.2) is 42.5 Å². The van der Waals surface area contributed by atoms with Crippen molar-refractivity contribution in [1.82, 2.24) is 0 Å². The molecule has 0 radical (unpaired) electrons. The number of hydrogen-bond donors (Lipinski definition) is 1. The van der Waals surface area contributed by atoms with Gasteiger partial charge >= 0.3 is 0 Å². The van der Waals surface area contributed by atoms with Crippen molar-refractivity contribution in [3.63, 3.8) is 0 Å². The topological polar surface area (TPSA) is 102 Å². The monoisotopic (exact) mass is 341 g/mol. The molecule has 1 aliphatic rings. The second-order valence-corrected chi connectivity index (χ2v) is 5.59. The van der Waals surface area contributed by atoms with Gasteiger partial charge in [0.2, 0.25) is 5.91 Å². The molecule has 2 amide bonds. The van der Waals surface area contributed by atoms with E-state index >= 15 is 0 Å². The van der Waals surface area contributed by atoms with Crippen LogP contribution in [0, 0.1) is 17.0 Å². The molecule has 0 bridgehead atoms. The molecule has 0 unspecified atom stereocenters. The zero-order valence-electron chi connectivity index (χ0n) is 13.4. The number of nitrogens with zero attached hydrogens (tertiary/aromatic N) is 2. The van der Waals surface area contributed by atoms with Crippen LogP contribution in [-0.4, -0.2) is 29.9 Å². The van der Waals surface area contributed by atoms with Gasteiger partial charge in [-0.1, -0.05) is 6.07 Å². The third-order valence-corrected chi connectivity index (χ3v) is 3.72. The van der Waals surface area contributed by atoms with Gasteiger partial charge < -0.3 is 10.1 Å². The van der Waals surface area contributed by atoms with E-state index in [1.165, 1.54) is 29.2 Å². The van der Waals surface area contributed by atoms with Gasteiger partial charge in [0.05, 0.1) is 10.6 Å². The largest absolute Gasteiger partial charge is 0.482 e. The normalized spacial score (nSPS) is 13.0. The van der Waals surface area contributed by atoms with Gasteiger partial charge in [-0.2, -0.15) is 0 Å². The number of carbonyl (C=O) groups is 2. The molecule has 25 heavy (non-hydrogen) atoms. The maximum Gasteiger partial charge on any atom is 0.269 e. The molecule has 1 heterocycles. The first-order valence-corrected chi connectivity index (χ1v) is 7.52. The van der Waals surface area contributed by atoms with Crippen molar-refractivity contribution in [1.29, 1.82) is 0 Å². The van der Waals surface area contributed by atoms with Gasteiger partial charge in [0.1, 0.15) is 12.3 Å². The maximum atomic E-state index is 12.3. The van der Waals surface area contributed by atoms with E-state index in [9.17, 15) is 19.7 Å². The van der Waals surface area contributed by atoms with Crippen LogP contribution in [0.1, 0.15) is 5.56 Å². The number of amides is 2. The van der Waals surface area contributed by atoms with E-state index in [4.69, 9.17) is 4.74 Å². The Hall–Kier alpha value is -3.42.